The highest BCUT2D eigenvalue weighted by molar-refractivity contribution is 5.73. The Labute approximate surface area is 141 Å². The molecule has 0 aliphatic heterocycles. The van der Waals surface area contributed by atoms with E-state index in [1.807, 2.05) is 0 Å². The maximum absolute atomic E-state index is 12.2. The van der Waals surface area contributed by atoms with Crippen molar-refractivity contribution in [2.24, 2.45) is 5.73 Å². The minimum absolute atomic E-state index is 0.246. The number of carboxylic acid groups (broad SMARTS) is 1. The van der Waals surface area contributed by atoms with Gasteiger partial charge in [0.2, 0.25) is 0 Å². The number of rotatable bonds is 6. The van der Waals surface area contributed by atoms with Gasteiger partial charge in [0.1, 0.15) is 11.5 Å². The van der Waals surface area contributed by atoms with Crippen LogP contribution in [0.2, 0.25) is 0 Å². The van der Waals surface area contributed by atoms with Crippen LogP contribution < -0.4 is 15.2 Å². The fraction of sp³-hybridized carbons (Fsp3) is 0.235. The van der Waals surface area contributed by atoms with Crippen LogP contribution >= 0.6 is 0 Å². The second-order valence-corrected chi connectivity index (χ2v) is 5.24. The van der Waals surface area contributed by atoms with Gasteiger partial charge in [-0.25, -0.2) is 0 Å². The smallest absolute Gasteiger partial charge is 0.496 e. The number of ether oxygens (including phenoxy) is 2. The normalized spacial score (nSPS) is 12.5. The number of alkyl halides is 3. The summed E-state index contributed by atoms with van der Waals surface area (Å²) in [5, 5.41) is 8.85. The first-order valence-corrected chi connectivity index (χ1v) is 7.21. The van der Waals surface area contributed by atoms with Crippen LogP contribution in [0.3, 0.4) is 0 Å². The molecule has 25 heavy (non-hydrogen) atoms. The summed E-state index contributed by atoms with van der Waals surface area (Å²) in [5.41, 5.74) is 7.60. The van der Waals surface area contributed by atoms with Gasteiger partial charge in [0.05, 0.1) is 13.5 Å². The van der Waals surface area contributed by atoms with Gasteiger partial charge in [0.25, 0.3) is 0 Å². The molecule has 0 heterocycles. The molecule has 0 aromatic heterocycles. The molecule has 1 atom stereocenters. The zero-order valence-corrected chi connectivity index (χ0v) is 13.2. The fourth-order valence-electron chi connectivity index (χ4n) is 2.32. The molecule has 0 amide bonds. The van der Waals surface area contributed by atoms with Crippen molar-refractivity contribution in [3.63, 3.8) is 0 Å². The third kappa shape index (κ3) is 5.12. The Bertz CT molecular complexity index is 745. The average molecular weight is 355 g/mol. The van der Waals surface area contributed by atoms with Gasteiger partial charge in [-0.1, -0.05) is 18.2 Å². The standard InChI is InChI=1S/C17H16F3NO4/c1-24-15-7-4-11(14(21)9-16(22)23)8-13(15)10-2-5-12(6-3-10)25-17(18,19)20/h2-8,14H,9,21H2,1H3,(H,22,23)/t14-/m0/s1. The van der Waals surface area contributed by atoms with E-state index in [9.17, 15) is 18.0 Å². The molecule has 0 unspecified atom stereocenters. The Hall–Kier alpha value is -2.74. The Kier molecular flexibility index (Phi) is 5.53. The summed E-state index contributed by atoms with van der Waals surface area (Å²) in [7, 11) is 1.46. The summed E-state index contributed by atoms with van der Waals surface area (Å²) in [4.78, 5) is 10.8. The highest BCUT2D eigenvalue weighted by Crippen LogP contribution is 2.34. The zero-order valence-electron chi connectivity index (χ0n) is 13.2. The summed E-state index contributed by atoms with van der Waals surface area (Å²) < 4.78 is 45.8. The van der Waals surface area contributed by atoms with Gasteiger partial charge in [-0.15, -0.1) is 13.2 Å². The van der Waals surface area contributed by atoms with Crippen LogP contribution in [-0.4, -0.2) is 24.5 Å². The number of nitrogens with two attached hydrogens (primary N) is 1. The summed E-state index contributed by atoms with van der Waals surface area (Å²) in [6.45, 7) is 0. The molecule has 2 rings (SSSR count). The Balaban J connectivity index is 2.34. The number of hydrogen-bond acceptors (Lipinski definition) is 4. The predicted octanol–water partition coefficient (Wildman–Crippen LogP) is 3.74. The van der Waals surface area contributed by atoms with Gasteiger partial charge < -0.3 is 20.3 Å². The lowest BCUT2D eigenvalue weighted by Crippen LogP contribution is -2.17. The van der Waals surface area contributed by atoms with Gasteiger partial charge in [-0.3, -0.25) is 4.79 Å². The third-order valence-corrected chi connectivity index (χ3v) is 3.45. The van der Waals surface area contributed by atoms with Crippen molar-refractivity contribution in [2.45, 2.75) is 18.8 Å². The number of aliphatic carboxylic acids is 1. The molecule has 0 aliphatic carbocycles. The maximum Gasteiger partial charge on any atom is 0.573 e. The van der Waals surface area contributed by atoms with Crippen LogP contribution in [0.25, 0.3) is 11.1 Å². The number of benzene rings is 2. The lowest BCUT2D eigenvalue weighted by atomic mass is 9.97. The van der Waals surface area contributed by atoms with Gasteiger partial charge in [-0.05, 0) is 35.4 Å². The van der Waals surface area contributed by atoms with Crippen LogP contribution in [-0.2, 0) is 4.79 Å². The molecule has 0 radical (unpaired) electrons. The average Bonchev–Trinajstić information content (AvgIpc) is 2.53. The number of hydrogen-bond donors (Lipinski definition) is 2. The number of halogens is 3. The second kappa shape index (κ2) is 7.43. The lowest BCUT2D eigenvalue weighted by Gasteiger charge is -2.15. The summed E-state index contributed by atoms with van der Waals surface area (Å²) in [6, 6.07) is 9.50. The van der Waals surface area contributed by atoms with E-state index in [1.54, 1.807) is 18.2 Å². The number of methoxy groups -OCH3 is 1. The van der Waals surface area contributed by atoms with Crippen molar-refractivity contribution in [1.29, 1.82) is 0 Å². The van der Waals surface area contributed by atoms with E-state index in [2.05, 4.69) is 4.74 Å². The molecule has 3 N–H and O–H groups in total. The molecule has 134 valence electrons. The van der Waals surface area contributed by atoms with Crippen molar-refractivity contribution in [3.05, 3.63) is 48.0 Å². The molecule has 0 fully saturated rings. The molecule has 0 bridgehead atoms. The Morgan fingerprint density at radius 3 is 2.36 bits per heavy atom. The zero-order chi connectivity index (χ0) is 18.6. The molecule has 0 aliphatic rings. The second-order valence-electron chi connectivity index (χ2n) is 5.24. The molecule has 0 saturated heterocycles. The molecule has 8 heteroatoms. The minimum atomic E-state index is -4.76. The summed E-state index contributed by atoms with van der Waals surface area (Å²) >= 11 is 0. The monoisotopic (exact) mass is 355 g/mol. The Morgan fingerprint density at radius 1 is 1.20 bits per heavy atom. The minimum Gasteiger partial charge on any atom is -0.496 e. The van der Waals surface area contributed by atoms with Crippen LogP contribution in [0.5, 0.6) is 11.5 Å². The number of carboxylic acids is 1. The lowest BCUT2D eigenvalue weighted by molar-refractivity contribution is -0.274. The molecule has 2 aromatic carbocycles. The SMILES string of the molecule is COc1ccc([C@@H](N)CC(=O)O)cc1-c1ccc(OC(F)(F)F)cc1. The van der Waals surface area contributed by atoms with Crippen molar-refractivity contribution < 1.29 is 32.5 Å². The van der Waals surface area contributed by atoms with Crippen molar-refractivity contribution in [2.75, 3.05) is 7.11 Å². The van der Waals surface area contributed by atoms with E-state index in [0.717, 1.165) is 0 Å². The first kappa shape index (κ1) is 18.6. The van der Waals surface area contributed by atoms with Crippen LogP contribution in [0, 0.1) is 0 Å². The fourth-order valence-corrected chi connectivity index (χ4v) is 2.32. The van der Waals surface area contributed by atoms with Gasteiger partial charge in [-0.2, -0.15) is 0 Å². The first-order valence-electron chi connectivity index (χ1n) is 7.21. The molecule has 2 aromatic rings. The van der Waals surface area contributed by atoms with Crippen LogP contribution in [0.15, 0.2) is 42.5 Å². The highest BCUT2D eigenvalue weighted by Gasteiger charge is 2.31. The summed E-state index contributed by atoms with van der Waals surface area (Å²) in [6.07, 6.45) is -5.01. The van der Waals surface area contributed by atoms with E-state index in [-0.39, 0.29) is 12.2 Å². The van der Waals surface area contributed by atoms with Gasteiger partial charge in [0.15, 0.2) is 0 Å². The van der Waals surface area contributed by atoms with E-state index in [0.29, 0.717) is 22.4 Å². The van der Waals surface area contributed by atoms with E-state index < -0.39 is 18.4 Å². The van der Waals surface area contributed by atoms with E-state index in [4.69, 9.17) is 15.6 Å². The van der Waals surface area contributed by atoms with E-state index >= 15 is 0 Å². The third-order valence-electron chi connectivity index (χ3n) is 3.45. The first-order chi connectivity index (χ1) is 11.7. The quantitative estimate of drug-likeness (QED) is 0.825. The number of carbonyl (C=O) groups is 1. The molecular formula is C17H16F3NO4. The predicted molar refractivity (Wildman–Crippen MR) is 84.3 cm³/mol. The summed E-state index contributed by atoms with van der Waals surface area (Å²) in [5.74, 6) is -0.886. The maximum atomic E-state index is 12.2. The topological polar surface area (TPSA) is 81.8 Å². The van der Waals surface area contributed by atoms with Crippen molar-refractivity contribution >= 4 is 5.97 Å². The highest BCUT2D eigenvalue weighted by atomic mass is 19.4. The van der Waals surface area contributed by atoms with Crippen molar-refractivity contribution in [1.82, 2.24) is 0 Å². The molecule has 0 spiro atoms. The molecule has 5 nitrogen and oxygen atoms in total. The van der Waals surface area contributed by atoms with E-state index in [1.165, 1.54) is 31.4 Å². The van der Waals surface area contributed by atoms with Gasteiger partial charge >= 0.3 is 12.3 Å². The largest absolute Gasteiger partial charge is 0.573 e. The molecule has 0 saturated carbocycles. The Morgan fingerprint density at radius 2 is 1.84 bits per heavy atom. The van der Waals surface area contributed by atoms with Crippen LogP contribution in [0.1, 0.15) is 18.0 Å². The van der Waals surface area contributed by atoms with Gasteiger partial charge in [0, 0.05) is 11.6 Å². The van der Waals surface area contributed by atoms with Crippen LogP contribution in [0.4, 0.5) is 13.2 Å². The molecular weight excluding hydrogens is 339 g/mol. The van der Waals surface area contributed by atoms with Crippen molar-refractivity contribution in [3.8, 4) is 22.6 Å².